The molecule has 0 bridgehead atoms. The number of carbonyl (C=O) groups is 1. The van der Waals surface area contributed by atoms with Crippen molar-refractivity contribution in [2.75, 3.05) is 20.0 Å². The molecular weight excluding hydrogens is 178 g/mol. The van der Waals surface area contributed by atoms with Crippen molar-refractivity contribution >= 4 is 17.6 Å². The number of hydrogen-bond acceptors (Lipinski definition) is 3. The molecule has 0 aromatic heterocycles. The average molecular weight is 192 g/mol. The summed E-state index contributed by atoms with van der Waals surface area (Å²) in [6, 6.07) is 0. The molecular formula is C8H14ClNO2. The molecule has 0 rings (SSSR count). The van der Waals surface area contributed by atoms with Gasteiger partial charge in [-0.1, -0.05) is 13.0 Å². The predicted molar refractivity (Wildman–Crippen MR) is 48.9 cm³/mol. The fraction of sp³-hybridized carbons (Fsp3) is 0.625. The third-order valence-electron chi connectivity index (χ3n) is 1.12. The molecule has 0 heterocycles. The number of rotatable bonds is 4. The van der Waals surface area contributed by atoms with Gasteiger partial charge >= 0.3 is 5.97 Å². The lowest BCUT2D eigenvalue weighted by molar-refractivity contribution is -0.172. The molecule has 0 aliphatic carbocycles. The van der Waals surface area contributed by atoms with Crippen LogP contribution in [0.4, 0.5) is 0 Å². The highest BCUT2D eigenvalue weighted by Crippen LogP contribution is 2.03. The van der Waals surface area contributed by atoms with Crippen LogP contribution in [-0.4, -0.2) is 31.0 Å². The van der Waals surface area contributed by atoms with Crippen LogP contribution >= 0.6 is 11.6 Å². The van der Waals surface area contributed by atoms with E-state index in [1.54, 1.807) is 20.2 Å². The van der Waals surface area contributed by atoms with Gasteiger partial charge in [-0.2, -0.15) is 0 Å². The third kappa shape index (κ3) is 4.36. The lowest BCUT2D eigenvalue weighted by Crippen LogP contribution is -2.20. The quantitative estimate of drug-likeness (QED) is 0.384. The van der Waals surface area contributed by atoms with Crippen LogP contribution in [0.1, 0.15) is 13.3 Å². The number of carbonyl (C=O) groups excluding carboxylic acids is 1. The first kappa shape index (κ1) is 11.5. The van der Waals surface area contributed by atoms with Crippen LogP contribution < -0.4 is 0 Å². The Morgan fingerprint density at radius 3 is 2.50 bits per heavy atom. The second-order valence-electron chi connectivity index (χ2n) is 2.46. The topological polar surface area (TPSA) is 29.5 Å². The molecule has 0 N–H and O–H groups in total. The normalized spacial score (nSPS) is 11.9. The molecule has 0 aliphatic heterocycles. The average Bonchev–Trinajstić information content (AvgIpc) is 1.98. The van der Waals surface area contributed by atoms with Gasteiger partial charge in [0.15, 0.2) is 0 Å². The van der Waals surface area contributed by atoms with E-state index in [0.717, 1.165) is 6.42 Å². The summed E-state index contributed by atoms with van der Waals surface area (Å²) in [5.41, 5.74) is 0.507. The molecule has 3 nitrogen and oxygen atoms in total. The van der Waals surface area contributed by atoms with Crippen LogP contribution in [0.3, 0.4) is 0 Å². The number of alkyl halides is 1. The Morgan fingerprint density at radius 2 is 2.17 bits per heavy atom. The van der Waals surface area contributed by atoms with Crippen molar-refractivity contribution in [2.45, 2.75) is 13.3 Å². The summed E-state index contributed by atoms with van der Waals surface area (Å²) in [5, 5.41) is 1.35. The zero-order valence-electron chi connectivity index (χ0n) is 7.63. The Hall–Kier alpha value is -0.540. The number of hydroxylamine groups is 2. The first-order valence-electron chi connectivity index (χ1n) is 3.76. The van der Waals surface area contributed by atoms with E-state index >= 15 is 0 Å². The van der Waals surface area contributed by atoms with Gasteiger partial charge in [-0.3, -0.25) is 0 Å². The Balaban J connectivity index is 4.13. The van der Waals surface area contributed by atoms with Crippen LogP contribution in [0.15, 0.2) is 11.6 Å². The zero-order valence-corrected chi connectivity index (χ0v) is 8.39. The van der Waals surface area contributed by atoms with Crippen LogP contribution in [0, 0.1) is 0 Å². The summed E-state index contributed by atoms with van der Waals surface area (Å²) in [7, 11) is 3.30. The second kappa shape index (κ2) is 6.03. The summed E-state index contributed by atoms with van der Waals surface area (Å²) in [4.78, 5) is 16.0. The van der Waals surface area contributed by atoms with Gasteiger partial charge in [-0.25, -0.2) is 4.79 Å². The molecule has 4 heteroatoms. The van der Waals surface area contributed by atoms with Gasteiger partial charge in [-0.05, 0) is 6.42 Å². The summed E-state index contributed by atoms with van der Waals surface area (Å²) in [6.07, 6.45) is 2.55. The van der Waals surface area contributed by atoms with Crippen molar-refractivity contribution in [3.63, 3.8) is 0 Å². The lowest BCUT2D eigenvalue weighted by Gasteiger charge is -2.10. The Morgan fingerprint density at radius 1 is 1.58 bits per heavy atom. The van der Waals surface area contributed by atoms with E-state index < -0.39 is 0 Å². The van der Waals surface area contributed by atoms with Gasteiger partial charge in [0.05, 0.1) is 5.88 Å². The van der Waals surface area contributed by atoms with E-state index in [2.05, 4.69) is 0 Å². The molecule has 0 unspecified atom stereocenters. The summed E-state index contributed by atoms with van der Waals surface area (Å²) < 4.78 is 0. The van der Waals surface area contributed by atoms with E-state index in [1.807, 2.05) is 6.92 Å². The monoisotopic (exact) mass is 191 g/mol. The minimum absolute atomic E-state index is 0.195. The van der Waals surface area contributed by atoms with Gasteiger partial charge in [0.2, 0.25) is 0 Å². The fourth-order valence-electron chi connectivity index (χ4n) is 0.663. The molecule has 0 amide bonds. The Bertz CT molecular complexity index is 178. The summed E-state index contributed by atoms with van der Waals surface area (Å²) in [5.74, 6) is -0.183. The van der Waals surface area contributed by atoms with Crippen molar-refractivity contribution in [3.8, 4) is 0 Å². The highest BCUT2D eigenvalue weighted by molar-refractivity contribution is 6.22. The standard InChI is InChI=1S/C8H14ClNO2/c1-4-5-7(6-9)8(11)12-10(2)3/h5H,4,6H2,1-3H3. The van der Waals surface area contributed by atoms with E-state index in [9.17, 15) is 4.79 Å². The molecule has 0 saturated heterocycles. The lowest BCUT2D eigenvalue weighted by atomic mass is 10.2. The zero-order chi connectivity index (χ0) is 9.56. The fourth-order valence-corrected chi connectivity index (χ4v) is 0.882. The van der Waals surface area contributed by atoms with Crippen molar-refractivity contribution in [2.24, 2.45) is 0 Å². The number of halogens is 1. The van der Waals surface area contributed by atoms with Gasteiger partial charge in [0.25, 0.3) is 0 Å². The molecule has 0 aliphatic rings. The van der Waals surface area contributed by atoms with E-state index in [-0.39, 0.29) is 11.8 Å². The van der Waals surface area contributed by atoms with Gasteiger partial charge in [0.1, 0.15) is 0 Å². The van der Waals surface area contributed by atoms with Crippen molar-refractivity contribution in [1.82, 2.24) is 5.06 Å². The van der Waals surface area contributed by atoms with Crippen molar-refractivity contribution < 1.29 is 9.63 Å². The van der Waals surface area contributed by atoms with Crippen LogP contribution in [-0.2, 0) is 9.63 Å². The predicted octanol–water partition coefficient (Wildman–Crippen LogP) is 1.58. The van der Waals surface area contributed by atoms with Gasteiger partial charge < -0.3 is 4.84 Å². The molecule has 0 atom stereocenters. The Labute approximate surface area is 77.9 Å². The van der Waals surface area contributed by atoms with E-state index in [0.29, 0.717) is 5.57 Å². The molecule has 0 aromatic carbocycles. The van der Waals surface area contributed by atoms with Crippen LogP contribution in [0.5, 0.6) is 0 Å². The molecule has 0 radical (unpaired) electrons. The highest BCUT2D eigenvalue weighted by atomic mass is 35.5. The molecule has 0 spiro atoms. The largest absolute Gasteiger partial charge is 0.365 e. The maximum Gasteiger partial charge on any atom is 0.353 e. The number of nitrogens with zero attached hydrogens (tertiary/aromatic N) is 1. The second-order valence-corrected chi connectivity index (χ2v) is 2.73. The molecule has 70 valence electrons. The van der Waals surface area contributed by atoms with Gasteiger partial charge in [-0.15, -0.1) is 16.7 Å². The summed E-state index contributed by atoms with van der Waals surface area (Å²) >= 11 is 5.54. The minimum Gasteiger partial charge on any atom is -0.365 e. The first-order chi connectivity index (χ1) is 5.61. The van der Waals surface area contributed by atoms with Crippen LogP contribution in [0.2, 0.25) is 0 Å². The summed E-state index contributed by atoms with van der Waals surface area (Å²) in [6.45, 7) is 1.94. The molecule has 0 saturated carbocycles. The molecule has 12 heavy (non-hydrogen) atoms. The molecule has 0 aromatic rings. The Kier molecular flexibility index (Phi) is 5.76. The van der Waals surface area contributed by atoms with Crippen LogP contribution in [0.25, 0.3) is 0 Å². The highest BCUT2D eigenvalue weighted by Gasteiger charge is 2.09. The van der Waals surface area contributed by atoms with Gasteiger partial charge in [0, 0.05) is 19.7 Å². The molecule has 0 fully saturated rings. The smallest absolute Gasteiger partial charge is 0.353 e. The minimum atomic E-state index is -0.378. The van der Waals surface area contributed by atoms with E-state index in [1.165, 1.54) is 5.06 Å². The van der Waals surface area contributed by atoms with E-state index in [4.69, 9.17) is 16.4 Å². The van der Waals surface area contributed by atoms with Crippen molar-refractivity contribution in [1.29, 1.82) is 0 Å². The first-order valence-corrected chi connectivity index (χ1v) is 4.29. The van der Waals surface area contributed by atoms with Crippen molar-refractivity contribution in [3.05, 3.63) is 11.6 Å². The number of hydrogen-bond donors (Lipinski definition) is 0. The number of allylic oxidation sites excluding steroid dienone is 1. The maximum atomic E-state index is 11.2. The SMILES string of the molecule is CCC=C(CCl)C(=O)ON(C)C. The maximum absolute atomic E-state index is 11.2. The third-order valence-corrected chi connectivity index (χ3v) is 1.41.